The summed E-state index contributed by atoms with van der Waals surface area (Å²) in [4.78, 5) is 9.95. The Kier molecular flexibility index (Phi) is 5.20. The molecule has 2 aromatic heterocycles. The number of anilines is 1. The van der Waals surface area contributed by atoms with Gasteiger partial charge in [-0.15, -0.1) is 11.3 Å². The zero-order valence-electron chi connectivity index (χ0n) is 17.4. The lowest BCUT2D eigenvalue weighted by molar-refractivity contribution is -0.156. The fourth-order valence-electron chi connectivity index (χ4n) is 4.12. The van der Waals surface area contributed by atoms with Crippen molar-refractivity contribution in [1.82, 2.24) is 9.97 Å². The van der Waals surface area contributed by atoms with Crippen molar-refractivity contribution >= 4 is 39.0 Å². The number of thiophene rings is 1. The summed E-state index contributed by atoms with van der Waals surface area (Å²) in [5, 5.41) is 25.6. The van der Waals surface area contributed by atoms with Crippen molar-refractivity contribution in [2.75, 3.05) is 11.9 Å². The van der Waals surface area contributed by atoms with E-state index in [0.717, 1.165) is 26.1 Å². The molecular weight excluding hydrogens is 438 g/mol. The molecule has 0 amide bonds. The van der Waals surface area contributed by atoms with Crippen LogP contribution in [0.3, 0.4) is 0 Å². The Balaban J connectivity index is 1.49. The smallest absolute Gasteiger partial charge is 0.223 e. The van der Waals surface area contributed by atoms with Crippen molar-refractivity contribution in [3.8, 4) is 10.6 Å². The highest BCUT2D eigenvalue weighted by Crippen LogP contribution is 2.41. The van der Waals surface area contributed by atoms with Crippen molar-refractivity contribution < 1.29 is 19.7 Å². The molecule has 0 spiro atoms. The number of aliphatic hydroxyl groups excluding tert-OH is 1. The van der Waals surface area contributed by atoms with Crippen LogP contribution in [0.2, 0.25) is 5.02 Å². The molecule has 2 saturated heterocycles. The molecule has 2 aliphatic rings. The van der Waals surface area contributed by atoms with Crippen molar-refractivity contribution in [1.29, 1.82) is 0 Å². The van der Waals surface area contributed by atoms with Gasteiger partial charge in [0.1, 0.15) is 11.8 Å². The summed E-state index contributed by atoms with van der Waals surface area (Å²) in [6.45, 7) is 6.08. The first kappa shape index (κ1) is 21.1. The predicted octanol–water partition coefficient (Wildman–Crippen LogP) is 3.83. The van der Waals surface area contributed by atoms with Crippen molar-refractivity contribution in [3.05, 3.63) is 40.5 Å². The normalized spacial score (nSPS) is 25.9. The van der Waals surface area contributed by atoms with E-state index in [4.69, 9.17) is 21.1 Å². The number of hydrogen-bond donors (Lipinski definition) is 3. The van der Waals surface area contributed by atoms with E-state index in [1.54, 1.807) is 31.4 Å². The first-order valence-electron chi connectivity index (χ1n) is 10.2. The number of benzene rings is 1. The van der Waals surface area contributed by atoms with Crippen LogP contribution in [0.5, 0.6) is 0 Å². The quantitative estimate of drug-likeness (QED) is 0.543. The van der Waals surface area contributed by atoms with Gasteiger partial charge in [-0.25, -0.2) is 9.97 Å². The third kappa shape index (κ3) is 3.82. The summed E-state index contributed by atoms with van der Waals surface area (Å²) >= 11 is 8.07. The van der Waals surface area contributed by atoms with Crippen molar-refractivity contribution in [2.45, 2.75) is 57.3 Å². The fraction of sp³-hybridized carbons (Fsp3) is 0.455. The average molecular weight is 462 g/mol. The lowest BCUT2D eigenvalue weighted by atomic mass is 9.97. The third-order valence-electron chi connectivity index (χ3n) is 5.90. The SMILES string of the molecule is Cc1c(-c2nc(N[C@@H]3C[C@H]4CO[C@H](O4)[C@H]3O)ncc2Cl)sc2cc(C(C)(C)O)ccc12. The van der Waals surface area contributed by atoms with Gasteiger partial charge in [-0.2, -0.15) is 0 Å². The summed E-state index contributed by atoms with van der Waals surface area (Å²) in [6.07, 6.45) is 0.744. The zero-order valence-corrected chi connectivity index (χ0v) is 19.0. The molecule has 7 nitrogen and oxygen atoms in total. The van der Waals surface area contributed by atoms with Gasteiger partial charge in [-0.05, 0) is 49.8 Å². The Hall–Kier alpha value is -1.81. The predicted molar refractivity (Wildman–Crippen MR) is 120 cm³/mol. The molecule has 0 unspecified atom stereocenters. The number of aromatic nitrogens is 2. The molecule has 0 saturated carbocycles. The Morgan fingerprint density at radius 3 is 2.90 bits per heavy atom. The number of fused-ring (bicyclic) bond motifs is 3. The molecule has 0 aliphatic carbocycles. The molecule has 2 bridgehead atoms. The van der Waals surface area contributed by atoms with Crippen LogP contribution >= 0.6 is 22.9 Å². The van der Waals surface area contributed by atoms with Crippen molar-refractivity contribution in [3.63, 3.8) is 0 Å². The molecule has 4 atom stereocenters. The van der Waals surface area contributed by atoms with E-state index in [1.165, 1.54) is 0 Å². The molecule has 31 heavy (non-hydrogen) atoms. The van der Waals surface area contributed by atoms with E-state index in [1.807, 2.05) is 25.1 Å². The maximum atomic E-state index is 10.5. The second kappa shape index (κ2) is 7.65. The number of aliphatic hydroxyl groups is 2. The van der Waals surface area contributed by atoms with Gasteiger partial charge in [0.05, 0.1) is 40.5 Å². The summed E-state index contributed by atoms with van der Waals surface area (Å²) < 4.78 is 12.1. The van der Waals surface area contributed by atoms with Gasteiger partial charge in [-0.1, -0.05) is 23.7 Å². The Bertz CT molecular complexity index is 1150. The second-order valence-corrected chi connectivity index (χ2v) is 10.1. The maximum absolute atomic E-state index is 10.5. The molecule has 9 heteroatoms. The molecule has 3 aromatic rings. The zero-order chi connectivity index (χ0) is 21.9. The van der Waals surface area contributed by atoms with E-state index in [9.17, 15) is 10.2 Å². The Morgan fingerprint density at radius 1 is 1.32 bits per heavy atom. The first-order chi connectivity index (χ1) is 14.7. The van der Waals surface area contributed by atoms with Gasteiger partial charge in [0.25, 0.3) is 0 Å². The van der Waals surface area contributed by atoms with Gasteiger partial charge < -0.3 is 25.0 Å². The minimum Gasteiger partial charge on any atom is -0.386 e. The highest BCUT2D eigenvalue weighted by molar-refractivity contribution is 7.22. The average Bonchev–Trinajstić information content (AvgIpc) is 3.28. The van der Waals surface area contributed by atoms with E-state index in [0.29, 0.717) is 29.7 Å². The van der Waals surface area contributed by atoms with Crippen molar-refractivity contribution in [2.24, 2.45) is 0 Å². The molecule has 3 N–H and O–H groups in total. The molecule has 164 valence electrons. The topological polar surface area (TPSA) is 96.7 Å². The first-order valence-corrected chi connectivity index (χ1v) is 11.4. The summed E-state index contributed by atoms with van der Waals surface area (Å²) in [6, 6.07) is 5.72. The van der Waals surface area contributed by atoms with Crippen LogP contribution in [-0.4, -0.2) is 51.3 Å². The van der Waals surface area contributed by atoms with Gasteiger partial charge in [0.15, 0.2) is 6.29 Å². The molecular formula is C22H24ClN3O4S. The minimum absolute atomic E-state index is 0.0347. The number of nitrogens with one attached hydrogen (secondary N) is 1. The van der Waals surface area contributed by atoms with Crippen LogP contribution in [-0.2, 0) is 15.1 Å². The Labute approximate surface area is 189 Å². The molecule has 1 aromatic carbocycles. The largest absolute Gasteiger partial charge is 0.386 e. The molecule has 2 fully saturated rings. The monoisotopic (exact) mass is 461 g/mol. The maximum Gasteiger partial charge on any atom is 0.223 e. The van der Waals surface area contributed by atoms with E-state index < -0.39 is 18.0 Å². The Morgan fingerprint density at radius 2 is 2.13 bits per heavy atom. The van der Waals surface area contributed by atoms with Gasteiger partial charge in [0, 0.05) is 4.70 Å². The standard InChI is InChI=1S/C22H24ClN3O4S/c1-10-13-5-4-11(22(2,3)28)6-16(13)31-19(10)17-14(23)8-24-21(26-17)25-15-7-12-9-29-20(30-12)18(15)27/h4-6,8,12,15,18,20,27-28H,7,9H2,1-3H3,(H,24,25,26)/t12-,15+,18-,20+/m0/s1. The van der Waals surface area contributed by atoms with Crippen LogP contribution in [0, 0.1) is 6.92 Å². The van der Waals surface area contributed by atoms with Crippen LogP contribution < -0.4 is 5.32 Å². The number of nitrogens with zero attached hydrogens (tertiary/aromatic N) is 2. The summed E-state index contributed by atoms with van der Waals surface area (Å²) in [5.74, 6) is 0.402. The second-order valence-electron chi connectivity index (χ2n) is 8.65. The molecule has 2 aliphatic heterocycles. The number of hydrogen-bond acceptors (Lipinski definition) is 8. The lowest BCUT2D eigenvalue weighted by Gasteiger charge is -2.32. The van der Waals surface area contributed by atoms with Crippen LogP contribution in [0.1, 0.15) is 31.4 Å². The van der Waals surface area contributed by atoms with Gasteiger partial charge in [-0.3, -0.25) is 0 Å². The number of ether oxygens (including phenoxy) is 2. The highest BCUT2D eigenvalue weighted by atomic mass is 35.5. The number of aryl methyl sites for hydroxylation is 1. The number of rotatable bonds is 4. The van der Waals surface area contributed by atoms with Crippen LogP contribution in [0.4, 0.5) is 5.95 Å². The summed E-state index contributed by atoms with van der Waals surface area (Å²) in [7, 11) is 0. The third-order valence-corrected chi connectivity index (χ3v) is 7.44. The molecule has 5 rings (SSSR count). The summed E-state index contributed by atoms with van der Waals surface area (Å²) in [5.41, 5.74) is 1.66. The highest BCUT2D eigenvalue weighted by Gasteiger charge is 2.43. The van der Waals surface area contributed by atoms with Gasteiger partial charge in [0.2, 0.25) is 5.95 Å². The van der Waals surface area contributed by atoms with Gasteiger partial charge >= 0.3 is 0 Å². The fourth-order valence-corrected chi connectivity index (χ4v) is 5.62. The van der Waals surface area contributed by atoms with Crippen LogP contribution in [0.15, 0.2) is 24.4 Å². The number of halogens is 1. The molecule has 0 radical (unpaired) electrons. The lowest BCUT2D eigenvalue weighted by Crippen LogP contribution is -2.48. The van der Waals surface area contributed by atoms with Crippen LogP contribution in [0.25, 0.3) is 20.7 Å². The van der Waals surface area contributed by atoms with E-state index in [-0.39, 0.29) is 12.1 Å². The van der Waals surface area contributed by atoms with E-state index >= 15 is 0 Å². The molecule has 4 heterocycles. The minimum atomic E-state index is -0.913. The van der Waals surface area contributed by atoms with E-state index in [2.05, 4.69) is 15.3 Å².